The quantitative estimate of drug-likeness (QED) is 0.873. The van der Waals surface area contributed by atoms with E-state index in [-0.39, 0.29) is 5.95 Å². The second kappa shape index (κ2) is 5.33. The number of H-pyrrole nitrogens is 1. The third kappa shape index (κ3) is 3.35. The first-order valence-electron chi connectivity index (χ1n) is 5.82. The third-order valence-electron chi connectivity index (χ3n) is 3.06. The van der Waals surface area contributed by atoms with Gasteiger partial charge in [0, 0.05) is 33.2 Å². The lowest BCUT2D eigenvalue weighted by atomic mass is 9.93. The number of ether oxygens (including phenoxy) is 2. The van der Waals surface area contributed by atoms with Crippen molar-refractivity contribution in [3.8, 4) is 0 Å². The number of alkyl halides is 3. The van der Waals surface area contributed by atoms with Crippen LogP contribution in [0.15, 0.2) is 0 Å². The number of hydrogen-bond acceptors (Lipinski definition) is 5. The van der Waals surface area contributed by atoms with Crippen LogP contribution in [0.4, 0.5) is 19.1 Å². The molecule has 1 aliphatic rings. The molecule has 0 radical (unpaired) electrons. The number of halogens is 3. The maximum absolute atomic E-state index is 12.1. The van der Waals surface area contributed by atoms with Gasteiger partial charge < -0.3 is 14.8 Å². The van der Waals surface area contributed by atoms with E-state index in [4.69, 9.17) is 9.47 Å². The largest absolute Gasteiger partial charge is 0.405 e. The molecular weight excluding hydrogens is 265 g/mol. The van der Waals surface area contributed by atoms with E-state index in [0.717, 1.165) is 0 Å². The Morgan fingerprint density at radius 3 is 2.68 bits per heavy atom. The molecule has 0 aromatic carbocycles. The maximum Gasteiger partial charge on any atom is 0.405 e. The summed E-state index contributed by atoms with van der Waals surface area (Å²) in [5, 5.41) is 8.47. The Bertz CT molecular complexity index is 415. The maximum atomic E-state index is 12.1. The average Bonchev–Trinajstić information content (AvgIpc) is 2.86. The molecule has 19 heavy (non-hydrogen) atoms. The normalized spacial score (nSPS) is 19.4. The first kappa shape index (κ1) is 14.1. The first-order valence-corrected chi connectivity index (χ1v) is 5.82. The van der Waals surface area contributed by atoms with Gasteiger partial charge in [-0.15, -0.1) is 5.10 Å². The van der Waals surface area contributed by atoms with E-state index in [1.165, 1.54) is 7.11 Å². The number of hydrogen-bond donors (Lipinski definition) is 2. The Hall–Kier alpha value is -1.35. The highest BCUT2D eigenvalue weighted by Gasteiger charge is 2.38. The summed E-state index contributed by atoms with van der Waals surface area (Å²) in [6, 6.07) is 0. The van der Waals surface area contributed by atoms with Gasteiger partial charge in [0.1, 0.15) is 12.1 Å². The van der Waals surface area contributed by atoms with Crippen LogP contribution in [0.5, 0.6) is 0 Å². The fraction of sp³-hybridized carbons (Fsp3) is 0.800. The standard InChI is InChI=1S/C10H15F3N4O2/c1-18-9(2-4-19-5-3-9)7-15-8(17-16-7)14-6-10(11,12)13/h2-6H2,1H3,(H2,14,15,16,17). The minimum absolute atomic E-state index is 0.0877. The van der Waals surface area contributed by atoms with Gasteiger partial charge in [-0.2, -0.15) is 18.2 Å². The molecule has 1 aromatic heterocycles. The Morgan fingerprint density at radius 1 is 1.42 bits per heavy atom. The van der Waals surface area contributed by atoms with Crippen molar-refractivity contribution >= 4 is 5.95 Å². The van der Waals surface area contributed by atoms with Crippen molar-refractivity contribution in [3.63, 3.8) is 0 Å². The molecule has 0 amide bonds. The molecule has 108 valence electrons. The van der Waals surface area contributed by atoms with Crippen LogP contribution in [0.2, 0.25) is 0 Å². The summed E-state index contributed by atoms with van der Waals surface area (Å²) in [5.41, 5.74) is -0.663. The number of aromatic nitrogens is 3. The Balaban J connectivity index is 2.06. The molecule has 1 saturated heterocycles. The van der Waals surface area contributed by atoms with Gasteiger partial charge in [-0.25, -0.2) is 0 Å². The van der Waals surface area contributed by atoms with Gasteiger partial charge in [0.25, 0.3) is 0 Å². The molecule has 1 aromatic rings. The molecular formula is C10H15F3N4O2. The van der Waals surface area contributed by atoms with E-state index in [2.05, 4.69) is 20.5 Å². The fourth-order valence-electron chi connectivity index (χ4n) is 1.96. The molecule has 2 rings (SSSR count). The Labute approximate surface area is 107 Å². The molecule has 6 nitrogen and oxygen atoms in total. The van der Waals surface area contributed by atoms with Gasteiger partial charge in [-0.05, 0) is 0 Å². The predicted octanol–water partition coefficient (Wildman–Crippen LogP) is 1.43. The van der Waals surface area contributed by atoms with Crippen molar-refractivity contribution in [1.82, 2.24) is 15.2 Å². The third-order valence-corrected chi connectivity index (χ3v) is 3.06. The van der Waals surface area contributed by atoms with E-state index >= 15 is 0 Å². The molecule has 1 aliphatic heterocycles. The van der Waals surface area contributed by atoms with Crippen LogP contribution in [-0.4, -0.2) is 48.2 Å². The van der Waals surface area contributed by atoms with Gasteiger partial charge >= 0.3 is 6.18 Å². The summed E-state index contributed by atoms with van der Waals surface area (Å²) in [7, 11) is 1.54. The molecule has 0 aliphatic carbocycles. The molecule has 2 N–H and O–H groups in total. The summed E-state index contributed by atoms with van der Waals surface area (Å²) < 4.78 is 46.9. The molecule has 0 saturated carbocycles. The SMILES string of the molecule is COC1(c2nc(NCC(F)(F)F)n[nH]2)CCOCC1. The second-order valence-electron chi connectivity index (χ2n) is 4.29. The van der Waals surface area contributed by atoms with Crippen molar-refractivity contribution < 1.29 is 22.6 Å². The number of aromatic amines is 1. The van der Waals surface area contributed by atoms with Gasteiger partial charge in [-0.3, -0.25) is 5.10 Å². The van der Waals surface area contributed by atoms with Gasteiger partial charge in [0.05, 0.1) is 0 Å². The van der Waals surface area contributed by atoms with Gasteiger partial charge in [0.15, 0.2) is 5.82 Å². The lowest BCUT2D eigenvalue weighted by Crippen LogP contribution is -2.36. The highest BCUT2D eigenvalue weighted by Crippen LogP contribution is 2.33. The zero-order chi connectivity index (χ0) is 13.9. The van der Waals surface area contributed by atoms with Gasteiger partial charge in [-0.1, -0.05) is 0 Å². The highest BCUT2D eigenvalue weighted by molar-refractivity contribution is 5.24. The minimum Gasteiger partial charge on any atom is -0.381 e. The van der Waals surface area contributed by atoms with Crippen molar-refractivity contribution in [1.29, 1.82) is 0 Å². The lowest BCUT2D eigenvalue weighted by Gasteiger charge is -2.33. The van der Waals surface area contributed by atoms with Crippen molar-refractivity contribution in [3.05, 3.63) is 5.82 Å². The summed E-state index contributed by atoms with van der Waals surface area (Å²) >= 11 is 0. The van der Waals surface area contributed by atoms with Gasteiger partial charge in [0.2, 0.25) is 5.95 Å². The molecule has 0 atom stereocenters. The molecule has 9 heteroatoms. The van der Waals surface area contributed by atoms with Crippen molar-refractivity contribution in [2.45, 2.75) is 24.6 Å². The zero-order valence-electron chi connectivity index (χ0n) is 10.4. The molecule has 2 heterocycles. The summed E-state index contributed by atoms with van der Waals surface area (Å²) in [5.74, 6) is 0.332. The summed E-state index contributed by atoms with van der Waals surface area (Å²) in [6.45, 7) is -0.146. The minimum atomic E-state index is -4.31. The zero-order valence-corrected chi connectivity index (χ0v) is 10.4. The number of nitrogens with zero attached hydrogens (tertiary/aromatic N) is 2. The first-order chi connectivity index (χ1) is 8.95. The van der Waals surface area contributed by atoms with Crippen LogP contribution >= 0.6 is 0 Å². The van der Waals surface area contributed by atoms with Crippen LogP contribution < -0.4 is 5.32 Å². The number of rotatable bonds is 4. The smallest absolute Gasteiger partial charge is 0.381 e. The van der Waals surface area contributed by atoms with Crippen LogP contribution in [0.3, 0.4) is 0 Å². The van der Waals surface area contributed by atoms with Crippen LogP contribution in [0.1, 0.15) is 18.7 Å². The molecule has 1 fully saturated rings. The average molecular weight is 280 g/mol. The van der Waals surface area contributed by atoms with Crippen molar-refractivity contribution in [2.24, 2.45) is 0 Å². The Morgan fingerprint density at radius 2 is 2.11 bits per heavy atom. The summed E-state index contributed by atoms with van der Waals surface area (Å²) in [4.78, 5) is 4.02. The predicted molar refractivity (Wildman–Crippen MR) is 59.7 cm³/mol. The van der Waals surface area contributed by atoms with E-state index in [1.54, 1.807) is 0 Å². The highest BCUT2D eigenvalue weighted by atomic mass is 19.4. The molecule has 0 bridgehead atoms. The fourth-order valence-corrected chi connectivity index (χ4v) is 1.96. The van der Waals surface area contributed by atoms with Crippen LogP contribution in [0, 0.1) is 0 Å². The molecule has 0 unspecified atom stereocenters. The number of nitrogens with one attached hydrogen (secondary N) is 2. The monoisotopic (exact) mass is 280 g/mol. The number of methoxy groups -OCH3 is 1. The van der Waals surface area contributed by atoms with E-state index in [9.17, 15) is 13.2 Å². The van der Waals surface area contributed by atoms with E-state index in [0.29, 0.717) is 31.9 Å². The Kier molecular flexibility index (Phi) is 3.95. The second-order valence-corrected chi connectivity index (χ2v) is 4.29. The topological polar surface area (TPSA) is 72.1 Å². The van der Waals surface area contributed by atoms with Crippen LogP contribution in [0.25, 0.3) is 0 Å². The lowest BCUT2D eigenvalue weighted by molar-refractivity contribution is -0.115. The van der Waals surface area contributed by atoms with E-state index in [1.807, 2.05) is 0 Å². The summed E-state index contributed by atoms with van der Waals surface area (Å²) in [6.07, 6.45) is -3.15. The van der Waals surface area contributed by atoms with Crippen LogP contribution in [-0.2, 0) is 15.1 Å². The molecule has 0 spiro atoms. The number of anilines is 1. The van der Waals surface area contributed by atoms with E-state index < -0.39 is 18.3 Å². The van der Waals surface area contributed by atoms with Crippen molar-refractivity contribution in [2.75, 3.05) is 32.2 Å².